The van der Waals surface area contributed by atoms with E-state index < -0.39 is 11.9 Å². The number of nitrogens with zero attached hydrogens (tertiary/aromatic N) is 3. The maximum Gasteiger partial charge on any atom is 0.251 e. The molecule has 4 rings (SSSR count). The molecule has 2 heterocycles. The van der Waals surface area contributed by atoms with Gasteiger partial charge >= 0.3 is 0 Å². The second-order valence-electron chi connectivity index (χ2n) is 7.11. The molecule has 0 spiro atoms. The molecule has 0 N–H and O–H groups in total. The van der Waals surface area contributed by atoms with Crippen molar-refractivity contribution in [2.45, 2.75) is 12.5 Å². The van der Waals surface area contributed by atoms with Crippen LogP contribution >= 0.6 is 11.6 Å². The van der Waals surface area contributed by atoms with Crippen LogP contribution in [0.5, 0.6) is 5.75 Å². The number of carbonyl (C=O) groups excluding carboxylic acids is 2. The molecular weight excluding hydrogens is 397 g/mol. The minimum absolute atomic E-state index is 0.113. The highest BCUT2D eigenvalue weighted by Gasteiger charge is 2.43. The first kappa shape index (κ1) is 19.7. The monoisotopic (exact) mass is 417 g/mol. The highest BCUT2D eigenvalue weighted by atomic mass is 35.5. The van der Waals surface area contributed by atoms with E-state index >= 15 is 0 Å². The first-order chi connectivity index (χ1) is 14.0. The highest BCUT2D eigenvalue weighted by Crippen LogP contribution is 2.30. The third kappa shape index (κ3) is 3.80. The number of benzene rings is 2. The lowest BCUT2D eigenvalue weighted by Crippen LogP contribution is -2.52. The molecule has 2 saturated heterocycles. The van der Waals surface area contributed by atoms with Gasteiger partial charge in [-0.05, 0) is 30.3 Å². The molecule has 2 fully saturated rings. The summed E-state index contributed by atoms with van der Waals surface area (Å²) in [5.74, 6) is -0.361. The van der Waals surface area contributed by atoms with Crippen LogP contribution in [0.1, 0.15) is 6.42 Å². The average molecular weight is 418 g/mol. The van der Waals surface area contributed by atoms with E-state index in [0.29, 0.717) is 18.8 Å². The van der Waals surface area contributed by atoms with Gasteiger partial charge in [-0.15, -0.1) is 0 Å². The molecule has 29 heavy (non-hydrogen) atoms. The quantitative estimate of drug-likeness (QED) is 0.716. The van der Waals surface area contributed by atoms with E-state index in [1.165, 1.54) is 18.2 Å². The average Bonchev–Trinajstić information content (AvgIpc) is 3.04. The van der Waals surface area contributed by atoms with E-state index in [0.717, 1.165) is 29.4 Å². The van der Waals surface area contributed by atoms with Crippen molar-refractivity contribution < 1.29 is 18.7 Å². The second kappa shape index (κ2) is 8.00. The lowest BCUT2D eigenvalue weighted by molar-refractivity contribution is -0.123. The summed E-state index contributed by atoms with van der Waals surface area (Å²) >= 11 is 5.82. The number of anilines is 2. The predicted molar refractivity (Wildman–Crippen MR) is 109 cm³/mol. The summed E-state index contributed by atoms with van der Waals surface area (Å²) in [6.07, 6.45) is 0.118. The Morgan fingerprint density at radius 2 is 1.79 bits per heavy atom. The standard InChI is InChI=1S/C21H21ClFN3O3/c1-29-16-4-2-3-14(11-16)24-7-9-25(10-8-24)19-13-20(27)26(21(19)28)15-5-6-18(23)17(22)12-15/h2-6,11-12,19H,7-10,13H2,1H3/t19-/m0/s1. The minimum atomic E-state index is -0.584. The fraction of sp³-hybridized carbons (Fsp3) is 0.333. The number of piperazine rings is 1. The van der Waals surface area contributed by atoms with Crippen molar-refractivity contribution in [3.05, 3.63) is 53.3 Å². The Morgan fingerprint density at radius 3 is 2.48 bits per heavy atom. The van der Waals surface area contributed by atoms with E-state index in [2.05, 4.69) is 4.90 Å². The summed E-state index contributed by atoms with van der Waals surface area (Å²) < 4.78 is 18.7. The molecule has 2 aromatic rings. The Morgan fingerprint density at radius 1 is 1.03 bits per heavy atom. The van der Waals surface area contributed by atoms with Gasteiger partial charge in [0.1, 0.15) is 11.6 Å². The lowest BCUT2D eigenvalue weighted by atomic mass is 10.1. The number of methoxy groups -OCH3 is 1. The maximum absolute atomic E-state index is 13.4. The van der Waals surface area contributed by atoms with Crippen LogP contribution in [0.25, 0.3) is 0 Å². The molecule has 0 saturated carbocycles. The summed E-state index contributed by atoms with van der Waals surface area (Å²) in [5, 5.41) is -0.113. The third-order valence-corrected chi connectivity index (χ3v) is 5.75. The van der Waals surface area contributed by atoms with Crippen LogP contribution in [-0.2, 0) is 9.59 Å². The topological polar surface area (TPSA) is 53.1 Å². The lowest BCUT2D eigenvalue weighted by Gasteiger charge is -2.38. The zero-order valence-electron chi connectivity index (χ0n) is 16.0. The summed E-state index contributed by atoms with van der Waals surface area (Å²) in [4.78, 5) is 30.8. The van der Waals surface area contributed by atoms with Crippen LogP contribution in [-0.4, -0.2) is 56.0 Å². The maximum atomic E-state index is 13.4. The number of rotatable bonds is 4. The van der Waals surface area contributed by atoms with Gasteiger partial charge < -0.3 is 9.64 Å². The van der Waals surface area contributed by atoms with Crippen molar-refractivity contribution in [1.29, 1.82) is 0 Å². The molecule has 0 radical (unpaired) electrons. The van der Waals surface area contributed by atoms with Gasteiger partial charge in [-0.25, -0.2) is 9.29 Å². The Hall–Kier alpha value is -2.64. The van der Waals surface area contributed by atoms with Gasteiger partial charge in [-0.2, -0.15) is 0 Å². The summed E-state index contributed by atoms with van der Waals surface area (Å²) in [7, 11) is 1.64. The van der Waals surface area contributed by atoms with E-state index in [-0.39, 0.29) is 23.3 Å². The van der Waals surface area contributed by atoms with Crippen LogP contribution in [0, 0.1) is 5.82 Å². The number of hydrogen-bond acceptors (Lipinski definition) is 5. The smallest absolute Gasteiger partial charge is 0.251 e. The molecule has 8 heteroatoms. The van der Waals surface area contributed by atoms with Crippen molar-refractivity contribution >= 4 is 34.8 Å². The van der Waals surface area contributed by atoms with Crippen molar-refractivity contribution in [3.63, 3.8) is 0 Å². The number of imide groups is 1. The van der Waals surface area contributed by atoms with E-state index in [1.54, 1.807) is 7.11 Å². The van der Waals surface area contributed by atoms with Crippen LogP contribution in [0.15, 0.2) is 42.5 Å². The van der Waals surface area contributed by atoms with Crippen molar-refractivity contribution in [2.75, 3.05) is 43.1 Å². The second-order valence-corrected chi connectivity index (χ2v) is 7.52. The van der Waals surface area contributed by atoms with Crippen LogP contribution in [0.4, 0.5) is 15.8 Å². The number of hydrogen-bond donors (Lipinski definition) is 0. The van der Waals surface area contributed by atoms with Crippen molar-refractivity contribution in [2.24, 2.45) is 0 Å². The van der Waals surface area contributed by atoms with Crippen molar-refractivity contribution in [3.8, 4) is 5.75 Å². The summed E-state index contributed by atoms with van der Waals surface area (Å²) in [5.41, 5.74) is 1.38. The van der Waals surface area contributed by atoms with E-state index in [9.17, 15) is 14.0 Å². The highest BCUT2D eigenvalue weighted by molar-refractivity contribution is 6.31. The van der Waals surface area contributed by atoms with Gasteiger partial charge in [0.25, 0.3) is 5.91 Å². The van der Waals surface area contributed by atoms with Gasteiger partial charge in [-0.1, -0.05) is 17.7 Å². The fourth-order valence-electron chi connectivity index (χ4n) is 3.90. The van der Waals surface area contributed by atoms with Gasteiger partial charge in [0.2, 0.25) is 5.91 Å². The van der Waals surface area contributed by atoms with Crippen LogP contribution in [0.2, 0.25) is 5.02 Å². The minimum Gasteiger partial charge on any atom is -0.497 e. The molecule has 1 atom stereocenters. The molecule has 6 nitrogen and oxygen atoms in total. The van der Waals surface area contributed by atoms with Gasteiger partial charge in [0.05, 0.1) is 30.3 Å². The first-order valence-electron chi connectivity index (χ1n) is 9.43. The molecule has 0 unspecified atom stereocenters. The molecule has 2 aromatic carbocycles. The van der Waals surface area contributed by atoms with Crippen LogP contribution < -0.4 is 14.5 Å². The Labute approximate surface area is 173 Å². The SMILES string of the molecule is COc1cccc(N2CCN([C@H]3CC(=O)N(c4ccc(F)c(Cl)c4)C3=O)CC2)c1. The molecule has 0 bridgehead atoms. The summed E-state index contributed by atoms with van der Waals surface area (Å²) in [6.45, 7) is 2.82. The molecular formula is C21H21ClFN3O3. The van der Waals surface area contributed by atoms with E-state index in [4.69, 9.17) is 16.3 Å². The zero-order chi connectivity index (χ0) is 20.5. The van der Waals surface area contributed by atoms with Crippen LogP contribution in [0.3, 0.4) is 0 Å². The molecule has 2 aliphatic rings. The Bertz CT molecular complexity index is 947. The molecule has 0 aromatic heterocycles. The number of ether oxygens (including phenoxy) is 1. The number of halogens is 2. The Kier molecular flexibility index (Phi) is 5.43. The Balaban J connectivity index is 1.44. The largest absolute Gasteiger partial charge is 0.497 e. The third-order valence-electron chi connectivity index (χ3n) is 5.46. The summed E-state index contributed by atoms with van der Waals surface area (Å²) in [6, 6.07) is 11.2. The number of carbonyl (C=O) groups is 2. The first-order valence-corrected chi connectivity index (χ1v) is 9.80. The van der Waals surface area contributed by atoms with E-state index in [1.807, 2.05) is 29.2 Å². The zero-order valence-corrected chi connectivity index (χ0v) is 16.7. The fourth-order valence-corrected chi connectivity index (χ4v) is 4.07. The van der Waals surface area contributed by atoms with Gasteiger partial charge in [0.15, 0.2) is 0 Å². The molecule has 0 aliphatic carbocycles. The van der Waals surface area contributed by atoms with Crippen molar-refractivity contribution in [1.82, 2.24) is 4.90 Å². The van der Waals surface area contributed by atoms with Gasteiger partial charge in [-0.3, -0.25) is 14.5 Å². The molecule has 2 aliphatic heterocycles. The molecule has 152 valence electrons. The normalized spacial score (nSPS) is 20.4. The van der Waals surface area contributed by atoms with Gasteiger partial charge in [0, 0.05) is 37.9 Å². The molecule has 2 amide bonds. The predicted octanol–water partition coefficient (Wildman–Crippen LogP) is 2.94. The number of amides is 2.